The molecule has 1 unspecified atom stereocenters. The Labute approximate surface area is 123 Å². The van der Waals surface area contributed by atoms with Crippen LogP contribution < -0.4 is 5.32 Å². The summed E-state index contributed by atoms with van der Waals surface area (Å²) in [6, 6.07) is 11.4. The van der Waals surface area contributed by atoms with Crippen molar-refractivity contribution in [3.63, 3.8) is 0 Å². The summed E-state index contributed by atoms with van der Waals surface area (Å²) in [5, 5.41) is 5.48. The quantitative estimate of drug-likeness (QED) is 0.933. The second-order valence-electron chi connectivity index (χ2n) is 5.08. The minimum Gasteiger partial charge on any atom is -0.315 e. The van der Waals surface area contributed by atoms with Crippen LogP contribution in [0.15, 0.2) is 41.8 Å². The first-order valence-corrected chi connectivity index (χ1v) is 7.97. The Kier molecular flexibility index (Phi) is 4.45. The molecule has 0 radical (unpaired) electrons. The molecular formula is C16H19FN2S. The van der Waals surface area contributed by atoms with Crippen LogP contribution in [0.1, 0.15) is 22.9 Å². The Morgan fingerprint density at radius 2 is 2.00 bits per heavy atom. The van der Waals surface area contributed by atoms with Crippen molar-refractivity contribution in [2.75, 3.05) is 26.2 Å². The van der Waals surface area contributed by atoms with E-state index < -0.39 is 0 Å². The highest BCUT2D eigenvalue weighted by Gasteiger charge is 2.26. The summed E-state index contributed by atoms with van der Waals surface area (Å²) in [5.41, 5.74) is 0.789. The lowest BCUT2D eigenvalue weighted by atomic mass is 10.0. The van der Waals surface area contributed by atoms with Gasteiger partial charge in [0, 0.05) is 30.1 Å². The molecule has 4 heteroatoms. The molecule has 1 atom stereocenters. The lowest BCUT2D eigenvalue weighted by molar-refractivity contribution is 0.239. The molecule has 0 bridgehead atoms. The van der Waals surface area contributed by atoms with E-state index in [9.17, 15) is 4.39 Å². The standard InChI is InChI=1S/C16H19FN2S/c17-14-6-2-1-5-13(14)16(15-7-3-12-20-15)19-10-4-8-18-9-11-19/h1-3,5-7,12,16,18H,4,8-11H2. The fourth-order valence-corrected chi connectivity index (χ4v) is 3.67. The molecule has 1 aliphatic rings. The van der Waals surface area contributed by atoms with E-state index in [1.54, 1.807) is 23.5 Å². The summed E-state index contributed by atoms with van der Waals surface area (Å²) in [4.78, 5) is 3.61. The van der Waals surface area contributed by atoms with Gasteiger partial charge in [0.2, 0.25) is 0 Å². The van der Waals surface area contributed by atoms with Gasteiger partial charge in [0.05, 0.1) is 6.04 Å². The summed E-state index contributed by atoms with van der Waals surface area (Å²) in [6.45, 7) is 3.97. The van der Waals surface area contributed by atoms with E-state index in [1.807, 2.05) is 18.2 Å². The van der Waals surface area contributed by atoms with Crippen molar-refractivity contribution in [3.05, 3.63) is 58.0 Å². The Bertz CT molecular complexity index is 533. The zero-order valence-electron chi connectivity index (χ0n) is 11.4. The minimum atomic E-state index is -0.108. The van der Waals surface area contributed by atoms with Crippen molar-refractivity contribution in [1.82, 2.24) is 10.2 Å². The van der Waals surface area contributed by atoms with Crippen molar-refractivity contribution < 1.29 is 4.39 Å². The summed E-state index contributed by atoms with van der Waals surface area (Å²) in [5.74, 6) is -0.108. The molecule has 0 spiro atoms. The fraction of sp³-hybridized carbons (Fsp3) is 0.375. The van der Waals surface area contributed by atoms with Crippen LogP contribution in [0.3, 0.4) is 0 Å². The van der Waals surface area contributed by atoms with E-state index in [-0.39, 0.29) is 11.9 Å². The van der Waals surface area contributed by atoms with Crippen LogP contribution in [0.4, 0.5) is 4.39 Å². The summed E-state index contributed by atoms with van der Waals surface area (Å²) >= 11 is 1.71. The van der Waals surface area contributed by atoms with Crippen molar-refractivity contribution in [1.29, 1.82) is 0 Å². The van der Waals surface area contributed by atoms with Crippen molar-refractivity contribution in [2.24, 2.45) is 0 Å². The highest BCUT2D eigenvalue weighted by Crippen LogP contribution is 2.33. The number of hydrogen-bond acceptors (Lipinski definition) is 3. The minimum absolute atomic E-state index is 0.0381. The maximum absolute atomic E-state index is 14.3. The SMILES string of the molecule is Fc1ccccc1C(c1cccs1)N1CCCNCC1. The van der Waals surface area contributed by atoms with Crippen molar-refractivity contribution >= 4 is 11.3 Å². The molecule has 2 nitrogen and oxygen atoms in total. The van der Waals surface area contributed by atoms with Crippen molar-refractivity contribution in [2.45, 2.75) is 12.5 Å². The van der Waals surface area contributed by atoms with E-state index in [0.717, 1.165) is 38.2 Å². The topological polar surface area (TPSA) is 15.3 Å². The molecule has 0 amide bonds. The summed E-state index contributed by atoms with van der Waals surface area (Å²) < 4.78 is 14.3. The monoisotopic (exact) mass is 290 g/mol. The van der Waals surface area contributed by atoms with E-state index in [1.165, 1.54) is 4.88 Å². The van der Waals surface area contributed by atoms with Gasteiger partial charge in [0.1, 0.15) is 5.82 Å². The molecule has 2 aromatic rings. The lowest BCUT2D eigenvalue weighted by Crippen LogP contribution is -2.33. The Hall–Kier alpha value is -1.23. The van der Waals surface area contributed by atoms with E-state index >= 15 is 0 Å². The predicted molar refractivity (Wildman–Crippen MR) is 81.6 cm³/mol. The first-order chi connectivity index (χ1) is 9.86. The molecule has 1 aromatic carbocycles. The van der Waals surface area contributed by atoms with Crippen LogP contribution in [0.2, 0.25) is 0 Å². The number of nitrogens with zero attached hydrogens (tertiary/aromatic N) is 1. The fourth-order valence-electron chi connectivity index (χ4n) is 2.80. The molecule has 1 fully saturated rings. The number of thiophene rings is 1. The third kappa shape index (κ3) is 2.92. The Morgan fingerprint density at radius 1 is 1.10 bits per heavy atom. The second-order valence-corrected chi connectivity index (χ2v) is 6.06. The highest BCUT2D eigenvalue weighted by atomic mass is 32.1. The van der Waals surface area contributed by atoms with E-state index in [0.29, 0.717) is 0 Å². The van der Waals surface area contributed by atoms with Gasteiger partial charge in [0.15, 0.2) is 0 Å². The molecule has 1 N–H and O–H groups in total. The molecule has 106 valence electrons. The third-order valence-corrected chi connectivity index (χ3v) is 4.68. The molecule has 2 heterocycles. The average molecular weight is 290 g/mol. The lowest BCUT2D eigenvalue weighted by Gasteiger charge is -2.30. The van der Waals surface area contributed by atoms with Gasteiger partial charge in [-0.1, -0.05) is 24.3 Å². The normalized spacial score (nSPS) is 18.6. The van der Waals surface area contributed by atoms with Gasteiger partial charge in [-0.3, -0.25) is 4.90 Å². The molecule has 0 saturated carbocycles. The molecule has 1 aliphatic heterocycles. The van der Waals surface area contributed by atoms with Gasteiger partial charge < -0.3 is 5.32 Å². The number of hydrogen-bond donors (Lipinski definition) is 1. The third-order valence-electron chi connectivity index (χ3n) is 3.75. The number of benzene rings is 1. The zero-order chi connectivity index (χ0) is 13.8. The van der Waals surface area contributed by atoms with Crippen LogP contribution >= 0.6 is 11.3 Å². The van der Waals surface area contributed by atoms with Gasteiger partial charge in [-0.15, -0.1) is 11.3 Å². The van der Waals surface area contributed by atoms with E-state index in [4.69, 9.17) is 0 Å². The summed E-state index contributed by atoms with van der Waals surface area (Å²) in [7, 11) is 0. The van der Waals surface area contributed by atoms with Crippen LogP contribution in [0.25, 0.3) is 0 Å². The molecule has 20 heavy (non-hydrogen) atoms. The van der Waals surface area contributed by atoms with E-state index in [2.05, 4.69) is 21.7 Å². The Balaban J connectivity index is 1.98. The van der Waals surface area contributed by atoms with Crippen LogP contribution in [-0.4, -0.2) is 31.1 Å². The van der Waals surface area contributed by atoms with Crippen LogP contribution in [-0.2, 0) is 0 Å². The average Bonchev–Trinajstić information content (AvgIpc) is 2.85. The van der Waals surface area contributed by atoms with Crippen LogP contribution in [0, 0.1) is 5.82 Å². The number of halogens is 1. The molecule has 1 saturated heterocycles. The summed E-state index contributed by atoms with van der Waals surface area (Å²) in [6.07, 6.45) is 1.11. The number of rotatable bonds is 3. The molecule has 1 aromatic heterocycles. The van der Waals surface area contributed by atoms with Gasteiger partial charge in [-0.25, -0.2) is 4.39 Å². The smallest absolute Gasteiger partial charge is 0.128 e. The maximum Gasteiger partial charge on any atom is 0.128 e. The second kappa shape index (κ2) is 6.48. The molecule has 0 aliphatic carbocycles. The van der Waals surface area contributed by atoms with Crippen LogP contribution in [0.5, 0.6) is 0 Å². The zero-order valence-corrected chi connectivity index (χ0v) is 12.2. The maximum atomic E-state index is 14.3. The first kappa shape index (κ1) is 13.7. The molecular weight excluding hydrogens is 271 g/mol. The van der Waals surface area contributed by atoms with Gasteiger partial charge in [-0.05, 0) is 30.5 Å². The number of nitrogens with one attached hydrogen (secondary N) is 1. The first-order valence-electron chi connectivity index (χ1n) is 7.09. The highest BCUT2D eigenvalue weighted by molar-refractivity contribution is 7.10. The van der Waals surface area contributed by atoms with Gasteiger partial charge >= 0.3 is 0 Å². The Morgan fingerprint density at radius 3 is 2.80 bits per heavy atom. The predicted octanol–water partition coefficient (Wildman–Crippen LogP) is 3.27. The van der Waals surface area contributed by atoms with Crippen molar-refractivity contribution in [3.8, 4) is 0 Å². The van der Waals surface area contributed by atoms with Gasteiger partial charge in [-0.2, -0.15) is 0 Å². The van der Waals surface area contributed by atoms with Gasteiger partial charge in [0.25, 0.3) is 0 Å². The largest absolute Gasteiger partial charge is 0.315 e. The molecule has 3 rings (SSSR count).